The first-order valence-corrected chi connectivity index (χ1v) is 9.63. The predicted octanol–water partition coefficient (Wildman–Crippen LogP) is 3.68. The highest BCUT2D eigenvalue weighted by Gasteiger charge is 2.72. The summed E-state index contributed by atoms with van der Waals surface area (Å²) in [6.07, 6.45) is 3.36. The summed E-state index contributed by atoms with van der Waals surface area (Å²) in [7, 11) is 1.49. The minimum atomic E-state index is -1.80. The highest BCUT2D eigenvalue weighted by molar-refractivity contribution is 9.09. The van der Waals surface area contributed by atoms with Gasteiger partial charge in [-0.15, -0.1) is 23.2 Å². The van der Waals surface area contributed by atoms with Crippen molar-refractivity contribution in [1.29, 1.82) is 0 Å². The van der Waals surface area contributed by atoms with E-state index in [0.29, 0.717) is 16.9 Å². The lowest BCUT2D eigenvalue weighted by molar-refractivity contribution is -0.138. The van der Waals surface area contributed by atoms with Gasteiger partial charge < -0.3 is 9.84 Å². The molecule has 0 saturated carbocycles. The van der Waals surface area contributed by atoms with Gasteiger partial charge in [-0.25, -0.2) is 0 Å². The average molecular weight is 461 g/mol. The minimum absolute atomic E-state index is 0.0200. The van der Waals surface area contributed by atoms with Gasteiger partial charge >= 0.3 is 0 Å². The molecule has 1 aliphatic heterocycles. The maximum atomic E-state index is 13.1. The zero-order chi connectivity index (χ0) is 19.3. The Bertz CT molecular complexity index is 842. The number of ether oxygens (including phenoxy) is 1. The van der Waals surface area contributed by atoms with Crippen LogP contribution in [0.2, 0.25) is 0 Å². The van der Waals surface area contributed by atoms with Gasteiger partial charge in [-0.1, -0.05) is 34.7 Å². The molecular formula is C18H16BrCl2NO4. The Morgan fingerprint density at radius 3 is 2.69 bits per heavy atom. The number of alkyl halides is 3. The predicted molar refractivity (Wildman–Crippen MR) is 103 cm³/mol. The average Bonchev–Trinajstić information content (AvgIpc) is 2.79. The molecule has 138 valence electrons. The van der Waals surface area contributed by atoms with Crippen molar-refractivity contribution in [2.75, 3.05) is 12.6 Å². The fourth-order valence-electron chi connectivity index (χ4n) is 3.62. The van der Waals surface area contributed by atoms with E-state index >= 15 is 0 Å². The zero-order valence-corrected chi connectivity index (χ0v) is 16.9. The third kappa shape index (κ3) is 2.35. The van der Waals surface area contributed by atoms with Crippen LogP contribution in [0.5, 0.6) is 11.5 Å². The Balaban J connectivity index is 2.30. The van der Waals surface area contributed by atoms with E-state index in [4.69, 9.17) is 27.9 Å². The highest BCUT2D eigenvalue weighted by Crippen LogP contribution is 2.60. The number of imide groups is 1. The normalized spacial score (nSPS) is 30.8. The molecule has 1 heterocycles. The van der Waals surface area contributed by atoms with Crippen LogP contribution < -0.4 is 4.74 Å². The smallest absolute Gasteiger partial charge is 0.254 e. The second-order valence-corrected chi connectivity index (χ2v) is 7.88. The Labute approximate surface area is 169 Å². The van der Waals surface area contributed by atoms with Crippen LogP contribution in [-0.4, -0.2) is 44.1 Å². The van der Waals surface area contributed by atoms with Crippen LogP contribution in [0.3, 0.4) is 0 Å². The van der Waals surface area contributed by atoms with Gasteiger partial charge in [0.1, 0.15) is 11.5 Å². The van der Waals surface area contributed by atoms with Gasteiger partial charge in [0, 0.05) is 11.5 Å². The van der Waals surface area contributed by atoms with Crippen molar-refractivity contribution in [3.63, 3.8) is 0 Å². The number of aromatic hydroxyl groups is 1. The number of benzene rings is 1. The van der Waals surface area contributed by atoms with Gasteiger partial charge in [0.2, 0.25) is 0 Å². The number of amides is 2. The number of halogens is 3. The van der Waals surface area contributed by atoms with Gasteiger partial charge in [-0.05, 0) is 30.2 Å². The molecule has 0 bridgehead atoms. The van der Waals surface area contributed by atoms with E-state index in [1.165, 1.54) is 13.2 Å². The Hall–Kier alpha value is -1.50. The van der Waals surface area contributed by atoms with Gasteiger partial charge in [-0.3, -0.25) is 14.5 Å². The molecule has 2 aliphatic rings. The monoisotopic (exact) mass is 459 g/mol. The van der Waals surface area contributed by atoms with E-state index in [0.717, 1.165) is 4.90 Å². The topological polar surface area (TPSA) is 66.8 Å². The second kappa shape index (κ2) is 6.59. The van der Waals surface area contributed by atoms with E-state index in [2.05, 4.69) is 22.5 Å². The molecule has 0 radical (unpaired) electrons. The number of rotatable bonds is 4. The third-order valence-corrected chi connectivity index (χ3v) is 6.88. The molecule has 0 unspecified atom stereocenters. The number of methoxy groups -OCH3 is 1. The molecule has 1 aliphatic carbocycles. The SMILES string of the molecule is C=CC1=CC[C@@]2(Cl)C(=O)N(CBr)C(=O)[C@@]2(Cl)[C@H]1c1cc(OC)ccc1O. The summed E-state index contributed by atoms with van der Waals surface area (Å²) < 4.78 is 5.23. The Morgan fingerprint density at radius 1 is 1.42 bits per heavy atom. The quantitative estimate of drug-likeness (QED) is 0.422. The van der Waals surface area contributed by atoms with Crippen molar-refractivity contribution in [3.05, 3.63) is 48.1 Å². The maximum absolute atomic E-state index is 13.1. The number of nitrogens with zero attached hydrogens (tertiary/aromatic N) is 1. The lowest BCUT2D eigenvalue weighted by Gasteiger charge is -2.42. The number of carbonyl (C=O) groups is 2. The summed E-state index contributed by atoms with van der Waals surface area (Å²) in [6.45, 7) is 3.78. The number of carbonyl (C=O) groups excluding carboxylic acids is 2. The van der Waals surface area contributed by atoms with E-state index < -0.39 is 27.5 Å². The van der Waals surface area contributed by atoms with Crippen molar-refractivity contribution in [2.45, 2.75) is 22.1 Å². The number of allylic oxidation sites excluding steroid dienone is 3. The van der Waals surface area contributed by atoms with Gasteiger partial charge in [0.25, 0.3) is 11.8 Å². The minimum Gasteiger partial charge on any atom is -0.508 e. The molecule has 1 N–H and O–H groups in total. The number of phenolic OH excluding ortho intramolecular Hbond substituents is 1. The van der Waals surface area contributed by atoms with Gasteiger partial charge in [0.05, 0.1) is 12.6 Å². The van der Waals surface area contributed by atoms with Gasteiger partial charge in [-0.2, -0.15) is 0 Å². The number of likely N-dealkylation sites (tertiary alicyclic amines) is 1. The maximum Gasteiger partial charge on any atom is 0.254 e. The summed E-state index contributed by atoms with van der Waals surface area (Å²) in [6, 6.07) is 4.61. The second-order valence-electron chi connectivity index (χ2n) is 6.14. The molecule has 5 nitrogen and oxygen atoms in total. The molecule has 1 fully saturated rings. The molecule has 3 atom stereocenters. The summed E-state index contributed by atoms with van der Waals surface area (Å²) >= 11 is 16.7. The van der Waals surface area contributed by atoms with Crippen LogP contribution in [0, 0.1) is 0 Å². The van der Waals surface area contributed by atoms with Crippen LogP contribution >= 0.6 is 39.1 Å². The molecule has 26 heavy (non-hydrogen) atoms. The van der Waals surface area contributed by atoms with Crippen LogP contribution in [-0.2, 0) is 9.59 Å². The zero-order valence-electron chi connectivity index (χ0n) is 13.8. The van der Waals surface area contributed by atoms with Crippen molar-refractivity contribution < 1.29 is 19.4 Å². The van der Waals surface area contributed by atoms with Crippen LogP contribution in [0.15, 0.2) is 42.5 Å². The molecule has 8 heteroatoms. The fourth-order valence-corrected chi connectivity index (χ4v) is 4.94. The summed E-state index contributed by atoms with van der Waals surface area (Å²) in [5, 5.41) is 10.5. The van der Waals surface area contributed by atoms with Crippen molar-refractivity contribution in [3.8, 4) is 11.5 Å². The first-order valence-electron chi connectivity index (χ1n) is 7.75. The van der Waals surface area contributed by atoms with Crippen LogP contribution in [0.25, 0.3) is 0 Å². The molecule has 1 aromatic carbocycles. The summed E-state index contributed by atoms with van der Waals surface area (Å²) in [5.41, 5.74) is 0.929. The molecule has 3 rings (SSSR count). The highest BCUT2D eigenvalue weighted by atomic mass is 79.9. The van der Waals surface area contributed by atoms with Crippen LogP contribution in [0.4, 0.5) is 0 Å². The Kier molecular flexibility index (Phi) is 4.88. The van der Waals surface area contributed by atoms with Gasteiger partial charge in [0.15, 0.2) is 9.75 Å². The van der Waals surface area contributed by atoms with Crippen molar-refractivity contribution >= 4 is 50.9 Å². The number of hydrogen-bond acceptors (Lipinski definition) is 4. The summed E-state index contributed by atoms with van der Waals surface area (Å²) in [5.74, 6) is -1.66. The first kappa shape index (κ1) is 19.3. The van der Waals surface area contributed by atoms with E-state index in [1.807, 2.05) is 0 Å². The van der Waals surface area contributed by atoms with E-state index in [9.17, 15) is 14.7 Å². The fraction of sp³-hybridized carbons (Fsp3) is 0.333. The standard InChI is InChI=1S/C18H16BrCl2NO4/c1-3-10-6-7-17(20)15(24)22(9-19)16(25)18(17,21)14(10)12-8-11(26-2)4-5-13(12)23/h3-6,8,14,23H,1,7,9H2,2H3/t14-,17-,18+/m1/s1. The molecular weight excluding hydrogens is 445 g/mol. The van der Waals surface area contributed by atoms with Crippen LogP contribution in [0.1, 0.15) is 17.9 Å². The van der Waals surface area contributed by atoms with E-state index in [1.54, 1.807) is 24.3 Å². The third-order valence-electron chi connectivity index (χ3n) is 4.97. The van der Waals surface area contributed by atoms with E-state index in [-0.39, 0.29) is 17.6 Å². The lowest BCUT2D eigenvalue weighted by atomic mass is 9.68. The summed E-state index contributed by atoms with van der Waals surface area (Å²) in [4.78, 5) is 23.4. The lowest BCUT2D eigenvalue weighted by Crippen LogP contribution is -2.54. The number of hydrogen-bond donors (Lipinski definition) is 1. The van der Waals surface area contributed by atoms with Crippen molar-refractivity contribution in [2.24, 2.45) is 0 Å². The van der Waals surface area contributed by atoms with Crippen molar-refractivity contribution in [1.82, 2.24) is 4.90 Å². The largest absolute Gasteiger partial charge is 0.508 e. The molecule has 2 amide bonds. The molecule has 1 aromatic rings. The molecule has 1 saturated heterocycles. The number of phenols is 1. The molecule has 0 spiro atoms. The molecule has 0 aromatic heterocycles. The Morgan fingerprint density at radius 2 is 2.12 bits per heavy atom. The number of fused-ring (bicyclic) bond motifs is 1. The first-order chi connectivity index (χ1) is 12.3.